The zero-order valence-corrected chi connectivity index (χ0v) is 15.3. The Kier molecular flexibility index (Phi) is 15.3. The van der Waals surface area contributed by atoms with Gasteiger partial charge in [0.1, 0.15) is 0 Å². The molecule has 24 heavy (non-hydrogen) atoms. The fourth-order valence-corrected chi connectivity index (χ4v) is 2.54. The predicted molar refractivity (Wildman–Crippen MR) is 91.5 cm³/mol. The largest absolute Gasteiger partial charge is 0.463 e. The quantitative estimate of drug-likeness (QED) is 0.102. The molecule has 0 aromatic carbocycles. The SMILES string of the molecule is C=CC(=O)OCCCCCCCCCCOOCCCP(=O)(O)O. The Balaban J connectivity index is 3.09. The molecule has 2 N–H and O–H groups in total. The molecule has 0 aliphatic carbocycles. The Hall–Kier alpha value is -0.720. The van der Waals surface area contributed by atoms with Gasteiger partial charge in [-0.2, -0.15) is 0 Å². The lowest BCUT2D eigenvalue weighted by atomic mass is 10.1. The number of esters is 1. The highest BCUT2D eigenvalue weighted by molar-refractivity contribution is 7.51. The molecule has 0 aliphatic rings. The van der Waals surface area contributed by atoms with Gasteiger partial charge in [-0.15, -0.1) is 0 Å². The Bertz CT molecular complexity index is 367. The van der Waals surface area contributed by atoms with Crippen molar-refractivity contribution >= 4 is 13.6 Å². The Morgan fingerprint density at radius 3 is 1.79 bits per heavy atom. The normalized spacial score (nSPS) is 11.4. The molecule has 0 aliphatic heterocycles. The number of unbranched alkanes of at least 4 members (excludes halogenated alkanes) is 7. The van der Waals surface area contributed by atoms with Crippen LogP contribution in [0.3, 0.4) is 0 Å². The van der Waals surface area contributed by atoms with Gasteiger partial charge in [0, 0.05) is 6.08 Å². The molecule has 142 valence electrons. The molecule has 0 rings (SSSR count). The minimum Gasteiger partial charge on any atom is -0.463 e. The van der Waals surface area contributed by atoms with Crippen LogP contribution in [0.2, 0.25) is 0 Å². The topological polar surface area (TPSA) is 102 Å². The van der Waals surface area contributed by atoms with Crippen LogP contribution in [0.25, 0.3) is 0 Å². The summed E-state index contributed by atoms with van der Waals surface area (Å²) in [6.07, 6.45) is 9.88. The van der Waals surface area contributed by atoms with E-state index in [0.717, 1.165) is 38.5 Å². The standard InChI is InChI=1S/C16H31O7P/c1-2-16(17)21-12-9-7-5-3-4-6-8-10-13-22-23-14-11-15-24(18,19)20/h2H,1,3-15H2,(H2,18,19,20). The van der Waals surface area contributed by atoms with Gasteiger partial charge in [-0.25, -0.2) is 14.6 Å². The van der Waals surface area contributed by atoms with Crippen molar-refractivity contribution < 1.29 is 33.7 Å². The fourth-order valence-electron chi connectivity index (χ4n) is 2.00. The van der Waals surface area contributed by atoms with Gasteiger partial charge in [-0.3, -0.25) is 4.57 Å². The predicted octanol–water partition coefficient (Wildman–Crippen LogP) is 3.35. The molecule has 0 radical (unpaired) electrons. The zero-order valence-electron chi connectivity index (χ0n) is 14.4. The van der Waals surface area contributed by atoms with Crippen LogP contribution < -0.4 is 0 Å². The summed E-state index contributed by atoms with van der Waals surface area (Å²) in [5.41, 5.74) is 0. The van der Waals surface area contributed by atoms with Gasteiger partial charge in [-0.1, -0.05) is 45.1 Å². The molecule has 0 heterocycles. The lowest BCUT2D eigenvalue weighted by molar-refractivity contribution is -0.294. The number of hydrogen-bond acceptors (Lipinski definition) is 5. The van der Waals surface area contributed by atoms with Crippen LogP contribution in [0.4, 0.5) is 0 Å². The molecule has 7 nitrogen and oxygen atoms in total. The second-order valence-electron chi connectivity index (χ2n) is 5.59. The van der Waals surface area contributed by atoms with Gasteiger partial charge in [0.05, 0.1) is 26.0 Å². The van der Waals surface area contributed by atoms with E-state index < -0.39 is 7.60 Å². The van der Waals surface area contributed by atoms with Crippen molar-refractivity contribution in [2.75, 3.05) is 26.0 Å². The van der Waals surface area contributed by atoms with Gasteiger partial charge in [0.15, 0.2) is 0 Å². The highest BCUT2D eigenvalue weighted by atomic mass is 31.2. The summed E-state index contributed by atoms with van der Waals surface area (Å²) < 4.78 is 15.5. The molecule has 0 aromatic rings. The Labute approximate surface area is 144 Å². The molecule has 0 bridgehead atoms. The van der Waals surface area contributed by atoms with E-state index >= 15 is 0 Å². The average molecular weight is 366 g/mol. The number of hydrogen-bond donors (Lipinski definition) is 2. The number of carbonyl (C=O) groups is 1. The molecule has 0 amide bonds. The summed E-state index contributed by atoms with van der Waals surface area (Å²) >= 11 is 0. The summed E-state index contributed by atoms with van der Waals surface area (Å²) in [7, 11) is -3.92. The molecule has 0 saturated heterocycles. The van der Waals surface area contributed by atoms with Crippen molar-refractivity contribution in [3.8, 4) is 0 Å². The number of carbonyl (C=O) groups excluding carboxylic acids is 1. The van der Waals surface area contributed by atoms with E-state index in [1.54, 1.807) is 0 Å². The molecular weight excluding hydrogens is 335 g/mol. The van der Waals surface area contributed by atoms with Gasteiger partial charge >= 0.3 is 13.6 Å². The summed E-state index contributed by atoms with van der Waals surface area (Å²) in [5, 5.41) is 0. The molecule has 8 heteroatoms. The first-order chi connectivity index (χ1) is 11.5. The van der Waals surface area contributed by atoms with Crippen molar-refractivity contribution in [1.29, 1.82) is 0 Å². The van der Waals surface area contributed by atoms with Gasteiger partial charge in [-0.05, 0) is 19.3 Å². The number of rotatable bonds is 17. The van der Waals surface area contributed by atoms with Gasteiger partial charge < -0.3 is 14.5 Å². The third kappa shape index (κ3) is 19.3. The van der Waals surface area contributed by atoms with Crippen molar-refractivity contribution in [2.45, 2.75) is 57.8 Å². The van der Waals surface area contributed by atoms with Crippen LogP contribution in [0.1, 0.15) is 57.8 Å². The maximum absolute atomic E-state index is 10.8. The minimum absolute atomic E-state index is 0.174. The molecular formula is C16H31O7P. The smallest absolute Gasteiger partial charge is 0.330 e. The lowest BCUT2D eigenvalue weighted by Gasteiger charge is -2.05. The highest BCUT2D eigenvalue weighted by Gasteiger charge is 2.11. The Morgan fingerprint density at radius 2 is 1.29 bits per heavy atom. The lowest BCUT2D eigenvalue weighted by Crippen LogP contribution is -2.01. The minimum atomic E-state index is -3.92. The van der Waals surface area contributed by atoms with Crippen molar-refractivity contribution in [2.24, 2.45) is 0 Å². The average Bonchev–Trinajstić information content (AvgIpc) is 2.53. The van der Waals surface area contributed by atoms with Crippen LogP contribution >= 0.6 is 7.60 Å². The third-order valence-corrected chi connectivity index (χ3v) is 4.19. The summed E-state index contributed by atoms with van der Waals surface area (Å²) in [6, 6.07) is 0. The van der Waals surface area contributed by atoms with Gasteiger partial charge in [0.2, 0.25) is 0 Å². The maximum Gasteiger partial charge on any atom is 0.330 e. The maximum atomic E-state index is 10.8. The van der Waals surface area contributed by atoms with Crippen LogP contribution in [-0.4, -0.2) is 41.7 Å². The second kappa shape index (κ2) is 15.8. The van der Waals surface area contributed by atoms with E-state index in [1.165, 1.54) is 18.9 Å². The molecule has 0 saturated carbocycles. The highest BCUT2D eigenvalue weighted by Crippen LogP contribution is 2.34. The van der Waals surface area contributed by atoms with E-state index in [9.17, 15) is 9.36 Å². The van der Waals surface area contributed by atoms with E-state index in [2.05, 4.69) is 6.58 Å². The van der Waals surface area contributed by atoms with E-state index in [0.29, 0.717) is 13.2 Å². The summed E-state index contributed by atoms with van der Waals surface area (Å²) in [4.78, 5) is 37.9. The van der Waals surface area contributed by atoms with Crippen molar-refractivity contribution in [3.63, 3.8) is 0 Å². The van der Waals surface area contributed by atoms with E-state index in [-0.39, 0.29) is 25.2 Å². The first-order valence-electron chi connectivity index (χ1n) is 8.54. The van der Waals surface area contributed by atoms with E-state index in [1.807, 2.05) is 0 Å². The molecule has 0 spiro atoms. The van der Waals surface area contributed by atoms with Crippen LogP contribution in [-0.2, 0) is 23.9 Å². The molecule has 0 unspecified atom stereocenters. The first-order valence-corrected chi connectivity index (χ1v) is 10.3. The van der Waals surface area contributed by atoms with E-state index in [4.69, 9.17) is 24.3 Å². The fraction of sp³-hybridized carbons (Fsp3) is 0.812. The summed E-state index contributed by atoms with van der Waals surface area (Å²) in [6.45, 7) is 4.51. The first kappa shape index (κ1) is 23.3. The second-order valence-corrected chi connectivity index (χ2v) is 7.36. The summed E-state index contributed by atoms with van der Waals surface area (Å²) in [5.74, 6) is -0.358. The van der Waals surface area contributed by atoms with Crippen molar-refractivity contribution in [1.82, 2.24) is 0 Å². The molecule has 0 atom stereocenters. The third-order valence-electron chi connectivity index (χ3n) is 3.29. The van der Waals surface area contributed by atoms with Crippen LogP contribution in [0.5, 0.6) is 0 Å². The van der Waals surface area contributed by atoms with Crippen LogP contribution in [0.15, 0.2) is 12.7 Å². The number of ether oxygens (including phenoxy) is 1. The monoisotopic (exact) mass is 366 g/mol. The molecule has 0 aromatic heterocycles. The molecule has 0 fully saturated rings. The van der Waals surface area contributed by atoms with Crippen molar-refractivity contribution in [3.05, 3.63) is 12.7 Å². The van der Waals surface area contributed by atoms with Crippen LogP contribution in [0, 0.1) is 0 Å². The zero-order chi connectivity index (χ0) is 18.1. The Morgan fingerprint density at radius 1 is 0.833 bits per heavy atom. The van der Waals surface area contributed by atoms with Gasteiger partial charge in [0.25, 0.3) is 0 Å².